The van der Waals surface area contributed by atoms with E-state index < -0.39 is 0 Å². The zero-order valence-corrected chi connectivity index (χ0v) is 16.9. The van der Waals surface area contributed by atoms with Gasteiger partial charge >= 0.3 is 5.97 Å². The predicted octanol–water partition coefficient (Wildman–Crippen LogP) is 2.83. The van der Waals surface area contributed by atoms with Crippen molar-refractivity contribution in [2.75, 3.05) is 46.4 Å². The Morgan fingerprint density at radius 2 is 1.81 bits per heavy atom. The van der Waals surface area contributed by atoms with E-state index in [1.165, 1.54) is 0 Å². The minimum atomic E-state index is -0.282. The lowest BCUT2D eigenvalue weighted by Crippen LogP contribution is -2.39. The lowest BCUT2D eigenvalue weighted by molar-refractivity contribution is -0.143. The summed E-state index contributed by atoms with van der Waals surface area (Å²) in [7, 11) is 1.61. The molecule has 0 atom stereocenters. The summed E-state index contributed by atoms with van der Waals surface area (Å²) in [5.74, 6) is 0.342. The number of hydrogen-bond acceptors (Lipinski definition) is 5. The Labute approximate surface area is 162 Å². The number of carbonyl (C=O) groups is 2. The highest BCUT2D eigenvalue weighted by atomic mass is 16.5. The van der Waals surface area contributed by atoms with Gasteiger partial charge in [-0.25, -0.2) is 0 Å². The molecule has 1 aromatic carbocycles. The van der Waals surface area contributed by atoms with E-state index in [1.807, 2.05) is 24.3 Å². The highest BCUT2D eigenvalue weighted by Gasteiger charge is 2.14. The minimum absolute atomic E-state index is 0.116. The maximum atomic E-state index is 12.7. The first-order valence-corrected chi connectivity index (χ1v) is 9.53. The second-order valence-corrected chi connectivity index (χ2v) is 6.02. The summed E-state index contributed by atoms with van der Waals surface area (Å²) in [6.07, 6.45) is 3.51. The van der Waals surface area contributed by atoms with Crippen molar-refractivity contribution in [1.29, 1.82) is 0 Å². The van der Waals surface area contributed by atoms with E-state index in [-0.39, 0.29) is 18.3 Å². The summed E-state index contributed by atoms with van der Waals surface area (Å²) in [6, 6.07) is 7.50. The molecule has 0 aliphatic heterocycles. The van der Waals surface area contributed by atoms with Gasteiger partial charge in [0.05, 0.1) is 20.1 Å². The number of amides is 1. The molecule has 6 nitrogen and oxygen atoms in total. The molecule has 27 heavy (non-hydrogen) atoms. The van der Waals surface area contributed by atoms with Gasteiger partial charge in [-0.3, -0.25) is 9.59 Å². The molecule has 0 aromatic heterocycles. The zero-order chi connectivity index (χ0) is 20.1. The summed E-state index contributed by atoms with van der Waals surface area (Å²) >= 11 is 0. The molecule has 0 aliphatic rings. The van der Waals surface area contributed by atoms with Crippen LogP contribution in [0.25, 0.3) is 6.08 Å². The smallest absolute Gasteiger partial charge is 0.307 e. The van der Waals surface area contributed by atoms with Crippen molar-refractivity contribution in [3.8, 4) is 5.75 Å². The molecule has 0 bridgehead atoms. The molecule has 0 aliphatic carbocycles. The van der Waals surface area contributed by atoms with E-state index in [2.05, 4.69) is 18.7 Å². The third-order valence-corrected chi connectivity index (χ3v) is 4.30. The van der Waals surface area contributed by atoms with Crippen molar-refractivity contribution in [2.45, 2.75) is 27.2 Å². The summed E-state index contributed by atoms with van der Waals surface area (Å²) < 4.78 is 10.2. The van der Waals surface area contributed by atoms with E-state index in [9.17, 15) is 9.59 Å². The van der Waals surface area contributed by atoms with Crippen molar-refractivity contribution < 1.29 is 19.1 Å². The molecular formula is C21H32N2O4. The van der Waals surface area contributed by atoms with Crippen LogP contribution in [0.2, 0.25) is 0 Å². The number of hydrogen-bond donors (Lipinski definition) is 0. The number of ether oxygens (including phenoxy) is 2. The van der Waals surface area contributed by atoms with Gasteiger partial charge in [-0.15, -0.1) is 0 Å². The molecule has 1 aromatic rings. The van der Waals surface area contributed by atoms with Crippen molar-refractivity contribution >= 4 is 18.0 Å². The number of nitrogens with zero attached hydrogens (tertiary/aromatic N) is 2. The van der Waals surface area contributed by atoms with Crippen LogP contribution >= 0.6 is 0 Å². The molecular weight excluding hydrogens is 344 g/mol. The Morgan fingerprint density at radius 1 is 1.07 bits per heavy atom. The van der Waals surface area contributed by atoms with Crippen LogP contribution in [-0.2, 0) is 14.3 Å². The van der Waals surface area contributed by atoms with Crippen molar-refractivity contribution in [3.05, 3.63) is 35.9 Å². The largest absolute Gasteiger partial charge is 0.497 e. The van der Waals surface area contributed by atoms with Crippen molar-refractivity contribution in [2.24, 2.45) is 0 Å². The highest BCUT2D eigenvalue weighted by molar-refractivity contribution is 5.92. The number of methoxy groups -OCH3 is 1. The van der Waals surface area contributed by atoms with Gasteiger partial charge in [0.2, 0.25) is 5.91 Å². The van der Waals surface area contributed by atoms with Crippen molar-refractivity contribution in [1.82, 2.24) is 9.80 Å². The first-order valence-electron chi connectivity index (χ1n) is 9.53. The SMILES string of the molecule is CCOC(=O)CCN(CCN(CC)CC)C(=O)/C=C/c1cccc(OC)c1. The van der Waals surface area contributed by atoms with Gasteiger partial charge in [-0.05, 0) is 43.8 Å². The highest BCUT2D eigenvalue weighted by Crippen LogP contribution is 2.13. The predicted molar refractivity (Wildman–Crippen MR) is 108 cm³/mol. The fraction of sp³-hybridized carbons (Fsp3) is 0.524. The number of likely N-dealkylation sites (N-methyl/N-ethyl adjacent to an activating group) is 1. The van der Waals surface area contributed by atoms with Crippen LogP contribution in [0.1, 0.15) is 32.8 Å². The summed E-state index contributed by atoms with van der Waals surface area (Å²) in [4.78, 5) is 28.3. The van der Waals surface area contributed by atoms with Gasteiger partial charge in [-0.2, -0.15) is 0 Å². The van der Waals surface area contributed by atoms with Crippen LogP contribution in [0.5, 0.6) is 5.75 Å². The van der Waals surface area contributed by atoms with Gasteiger partial charge < -0.3 is 19.3 Å². The molecule has 1 amide bonds. The fourth-order valence-electron chi connectivity index (χ4n) is 2.61. The first-order chi connectivity index (χ1) is 13.0. The monoisotopic (exact) mass is 376 g/mol. The Hall–Kier alpha value is -2.34. The van der Waals surface area contributed by atoms with Crippen LogP contribution < -0.4 is 4.74 Å². The molecule has 0 radical (unpaired) electrons. The number of carbonyl (C=O) groups excluding carboxylic acids is 2. The van der Waals surface area contributed by atoms with E-state index in [0.29, 0.717) is 19.7 Å². The Balaban J connectivity index is 2.76. The summed E-state index contributed by atoms with van der Waals surface area (Å²) in [5.41, 5.74) is 0.886. The summed E-state index contributed by atoms with van der Waals surface area (Å²) in [6.45, 7) is 9.86. The van der Waals surface area contributed by atoms with Gasteiger partial charge in [0.1, 0.15) is 5.75 Å². The second-order valence-electron chi connectivity index (χ2n) is 6.02. The lowest BCUT2D eigenvalue weighted by Gasteiger charge is -2.25. The van der Waals surface area contributed by atoms with Gasteiger partial charge in [0, 0.05) is 25.7 Å². The maximum absolute atomic E-state index is 12.7. The van der Waals surface area contributed by atoms with Gasteiger partial charge in [-0.1, -0.05) is 26.0 Å². The topological polar surface area (TPSA) is 59.1 Å². The number of rotatable bonds is 12. The molecule has 0 spiro atoms. The molecule has 0 heterocycles. The molecule has 6 heteroatoms. The molecule has 0 saturated heterocycles. The second kappa shape index (κ2) is 12.9. The molecule has 0 N–H and O–H groups in total. The van der Waals surface area contributed by atoms with Crippen LogP contribution in [0, 0.1) is 0 Å². The first kappa shape index (κ1) is 22.7. The van der Waals surface area contributed by atoms with E-state index >= 15 is 0 Å². The lowest BCUT2D eigenvalue weighted by atomic mass is 10.2. The molecule has 1 rings (SSSR count). The van der Waals surface area contributed by atoms with E-state index in [4.69, 9.17) is 9.47 Å². The third kappa shape index (κ3) is 8.73. The Bertz CT molecular complexity index is 612. The maximum Gasteiger partial charge on any atom is 0.307 e. The average molecular weight is 376 g/mol. The average Bonchev–Trinajstić information content (AvgIpc) is 2.69. The van der Waals surface area contributed by atoms with Crippen LogP contribution in [0.4, 0.5) is 0 Å². The number of benzene rings is 1. The van der Waals surface area contributed by atoms with Gasteiger partial charge in [0.15, 0.2) is 0 Å². The third-order valence-electron chi connectivity index (χ3n) is 4.30. The molecule has 150 valence electrons. The summed E-state index contributed by atoms with van der Waals surface area (Å²) in [5, 5.41) is 0. The number of esters is 1. The molecule has 0 unspecified atom stereocenters. The molecule has 0 fully saturated rings. The van der Waals surface area contributed by atoms with Crippen molar-refractivity contribution in [3.63, 3.8) is 0 Å². The van der Waals surface area contributed by atoms with Crippen LogP contribution in [0.3, 0.4) is 0 Å². The van der Waals surface area contributed by atoms with E-state index in [0.717, 1.165) is 30.9 Å². The standard InChI is InChI=1S/C21H32N2O4/c1-5-22(6-2)15-16-23(14-13-21(25)27-7-3)20(24)12-11-18-9-8-10-19(17-18)26-4/h8-12,17H,5-7,13-16H2,1-4H3/b12-11+. The van der Waals surface area contributed by atoms with Crippen LogP contribution in [-0.4, -0.2) is 68.1 Å². The van der Waals surface area contributed by atoms with Crippen LogP contribution in [0.15, 0.2) is 30.3 Å². The van der Waals surface area contributed by atoms with E-state index in [1.54, 1.807) is 31.1 Å². The minimum Gasteiger partial charge on any atom is -0.497 e. The van der Waals surface area contributed by atoms with Gasteiger partial charge in [0.25, 0.3) is 0 Å². The Morgan fingerprint density at radius 3 is 2.44 bits per heavy atom. The Kier molecular flexibility index (Phi) is 10.9. The fourth-order valence-corrected chi connectivity index (χ4v) is 2.61. The quantitative estimate of drug-likeness (QED) is 0.415. The normalized spacial score (nSPS) is 11.0. The zero-order valence-electron chi connectivity index (χ0n) is 16.9. The molecule has 0 saturated carbocycles.